The van der Waals surface area contributed by atoms with Crippen LogP contribution < -0.4 is 15.6 Å². The summed E-state index contributed by atoms with van der Waals surface area (Å²) >= 11 is 0. The Morgan fingerprint density at radius 1 is 1.43 bits per heavy atom. The van der Waals surface area contributed by atoms with E-state index in [1.807, 2.05) is 0 Å². The number of hydrogen-bond acceptors (Lipinski definition) is 5. The number of H-pyrrole nitrogens is 1. The maximum absolute atomic E-state index is 12.1. The highest BCUT2D eigenvalue weighted by Gasteiger charge is 2.09. The van der Waals surface area contributed by atoms with Crippen LogP contribution in [0.15, 0.2) is 41.7 Å². The smallest absolute Gasteiger partial charge is 0.273 e. The van der Waals surface area contributed by atoms with Gasteiger partial charge in [-0.2, -0.15) is 0 Å². The molecule has 0 atom stereocenters. The number of carbonyl (C=O) groups is 1. The molecule has 1 heterocycles. The van der Waals surface area contributed by atoms with E-state index < -0.39 is 0 Å². The first-order valence-corrected chi connectivity index (χ1v) is 7.12. The minimum Gasteiger partial charge on any atom is -0.497 e. The average molecular weight is 314 g/mol. The van der Waals surface area contributed by atoms with Crippen LogP contribution >= 0.6 is 0 Å². The molecule has 0 saturated carbocycles. The van der Waals surface area contributed by atoms with Gasteiger partial charge in [-0.05, 0) is 12.1 Å². The van der Waals surface area contributed by atoms with Gasteiger partial charge in [0.05, 0.1) is 7.11 Å². The van der Waals surface area contributed by atoms with Crippen molar-refractivity contribution >= 4 is 5.91 Å². The van der Waals surface area contributed by atoms with E-state index in [1.54, 1.807) is 37.5 Å². The Hall–Kier alpha value is -2.96. The van der Waals surface area contributed by atoms with Crippen molar-refractivity contribution in [2.45, 2.75) is 12.8 Å². The number of aromatic amines is 1. The number of methoxy groups -OCH3 is 1. The molecular formula is C16H18N4O3. The Labute approximate surface area is 133 Å². The van der Waals surface area contributed by atoms with Crippen LogP contribution in [0.25, 0.3) is 11.4 Å². The van der Waals surface area contributed by atoms with Gasteiger partial charge in [0.15, 0.2) is 5.82 Å². The summed E-state index contributed by atoms with van der Waals surface area (Å²) in [7, 11) is 1.56. The molecule has 1 aromatic carbocycles. The van der Waals surface area contributed by atoms with Gasteiger partial charge in [0.2, 0.25) is 5.91 Å². The number of carbonyl (C=O) groups excluding carboxylic acids is 1. The van der Waals surface area contributed by atoms with E-state index in [-0.39, 0.29) is 30.0 Å². The van der Waals surface area contributed by atoms with E-state index in [4.69, 9.17) is 4.74 Å². The molecule has 0 unspecified atom stereocenters. The molecule has 7 heteroatoms. The Morgan fingerprint density at radius 2 is 2.26 bits per heavy atom. The van der Waals surface area contributed by atoms with Crippen LogP contribution in [-0.2, 0) is 11.2 Å². The molecule has 7 nitrogen and oxygen atoms in total. The van der Waals surface area contributed by atoms with Crippen LogP contribution in [0.3, 0.4) is 0 Å². The maximum atomic E-state index is 12.1. The van der Waals surface area contributed by atoms with Gasteiger partial charge in [0.25, 0.3) is 5.56 Å². The Kier molecular flexibility index (Phi) is 5.62. The van der Waals surface area contributed by atoms with E-state index >= 15 is 0 Å². The van der Waals surface area contributed by atoms with Crippen molar-refractivity contribution in [2.24, 2.45) is 0 Å². The molecular weight excluding hydrogens is 296 g/mol. The van der Waals surface area contributed by atoms with Gasteiger partial charge >= 0.3 is 0 Å². The quantitative estimate of drug-likeness (QED) is 0.745. The lowest BCUT2D eigenvalue weighted by atomic mass is 10.2. The number of nitrogens with one attached hydrogen (secondary N) is 2. The molecule has 2 N–H and O–H groups in total. The molecule has 23 heavy (non-hydrogen) atoms. The zero-order chi connectivity index (χ0) is 16.7. The second-order valence-corrected chi connectivity index (χ2v) is 4.77. The summed E-state index contributed by atoms with van der Waals surface area (Å²) in [6.45, 7) is 3.91. The molecule has 0 radical (unpaired) electrons. The Bertz CT molecular complexity index is 755. The molecule has 2 aromatic rings. The highest BCUT2D eigenvalue weighted by Crippen LogP contribution is 2.19. The molecule has 2 rings (SSSR count). The van der Waals surface area contributed by atoms with Crippen LogP contribution in [0, 0.1) is 0 Å². The van der Waals surface area contributed by atoms with Gasteiger partial charge in [-0.15, -0.1) is 16.8 Å². The molecule has 0 fully saturated rings. The standard InChI is InChI=1S/C16H18N4O3/c1-3-9-17-14(21)8-7-13-16(22)18-15(20-19-13)11-5-4-6-12(10-11)23-2/h3-6,10H,1,7-9H2,2H3,(H,17,21)(H,18,20,22). The first-order chi connectivity index (χ1) is 11.1. The highest BCUT2D eigenvalue weighted by atomic mass is 16.5. The topological polar surface area (TPSA) is 97.0 Å². The van der Waals surface area contributed by atoms with Crippen molar-refractivity contribution in [3.63, 3.8) is 0 Å². The fraction of sp³-hybridized carbons (Fsp3) is 0.250. The number of benzene rings is 1. The predicted molar refractivity (Wildman–Crippen MR) is 86.2 cm³/mol. The summed E-state index contributed by atoms with van der Waals surface area (Å²) in [5.41, 5.74) is 0.573. The van der Waals surface area contributed by atoms with Gasteiger partial charge < -0.3 is 15.0 Å². The fourth-order valence-corrected chi connectivity index (χ4v) is 1.93. The summed E-state index contributed by atoms with van der Waals surface area (Å²) < 4.78 is 5.14. The largest absolute Gasteiger partial charge is 0.497 e. The van der Waals surface area contributed by atoms with Gasteiger partial charge in [0, 0.05) is 24.9 Å². The second-order valence-electron chi connectivity index (χ2n) is 4.77. The van der Waals surface area contributed by atoms with Gasteiger partial charge in [-0.25, -0.2) is 0 Å². The molecule has 0 aliphatic carbocycles. The minimum absolute atomic E-state index is 0.164. The Balaban J connectivity index is 2.10. The third-order valence-electron chi connectivity index (χ3n) is 3.14. The number of ether oxygens (including phenoxy) is 1. The SMILES string of the molecule is C=CCNC(=O)CCc1nnc(-c2cccc(OC)c2)[nH]c1=O. The number of nitrogens with zero attached hydrogens (tertiary/aromatic N) is 2. The monoisotopic (exact) mass is 314 g/mol. The molecule has 0 spiro atoms. The lowest BCUT2D eigenvalue weighted by molar-refractivity contribution is -0.120. The average Bonchev–Trinajstić information content (AvgIpc) is 2.58. The van der Waals surface area contributed by atoms with Gasteiger partial charge in [0.1, 0.15) is 11.4 Å². The zero-order valence-electron chi connectivity index (χ0n) is 12.8. The van der Waals surface area contributed by atoms with Crippen LogP contribution in [-0.4, -0.2) is 34.7 Å². The number of hydrogen-bond donors (Lipinski definition) is 2. The molecule has 120 valence electrons. The summed E-state index contributed by atoms with van der Waals surface area (Å²) in [5.74, 6) is 0.852. The van der Waals surface area contributed by atoms with Crippen molar-refractivity contribution in [3.05, 3.63) is 53.0 Å². The van der Waals surface area contributed by atoms with Crippen molar-refractivity contribution in [1.82, 2.24) is 20.5 Å². The first kappa shape index (κ1) is 16.4. The fourth-order valence-electron chi connectivity index (χ4n) is 1.93. The van der Waals surface area contributed by atoms with Crippen molar-refractivity contribution < 1.29 is 9.53 Å². The number of amides is 1. The zero-order valence-corrected chi connectivity index (χ0v) is 12.8. The molecule has 0 bridgehead atoms. The lowest BCUT2D eigenvalue weighted by Crippen LogP contribution is -2.25. The summed E-state index contributed by atoms with van der Waals surface area (Å²) in [6.07, 6.45) is 1.99. The molecule has 1 amide bonds. The Morgan fingerprint density at radius 3 is 2.96 bits per heavy atom. The van der Waals surface area contributed by atoms with Crippen molar-refractivity contribution in [2.75, 3.05) is 13.7 Å². The molecule has 0 saturated heterocycles. The van der Waals surface area contributed by atoms with E-state index in [0.717, 1.165) is 0 Å². The second kappa shape index (κ2) is 7.88. The normalized spacial score (nSPS) is 10.1. The van der Waals surface area contributed by atoms with E-state index in [2.05, 4.69) is 27.1 Å². The van der Waals surface area contributed by atoms with Crippen LogP contribution in [0.5, 0.6) is 5.75 Å². The molecule has 1 aromatic heterocycles. The highest BCUT2D eigenvalue weighted by molar-refractivity contribution is 5.76. The van der Waals surface area contributed by atoms with E-state index in [0.29, 0.717) is 23.7 Å². The third-order valence-corrected chi connectivity index (χ3v) is 3.14. The van der Waals surface area contributed by atoms with Crippen LogP contribution in [0.1, 0.15) is 12.1 Å². The van der Waals surface area contributed by atoms with Gasteiger partial charge in [-0.3, -0.25) is 9.59 Å². The van der Waals surface area contributed by atoms with E-state index in [1.165, 1.54) is 0 Å². The number of aryl methyl sites for hydroxylation is 1. The third kappa shape index (κ3) is 4.50. The lowest BCUT2D eigenvalue weighted by Gasteiger charge is -2.05. The summed E-state index contributed by atoms with van der Waals surface area (Å²) in [4.78, 5) is 26.2. The van der Waals surface area contributed by atoms with Crippen LogP contribution in [0.4, 0.5) is 0 Å². The summed E-state index contributed by atoms with van der Waals surface area (Å²) in [6, 6.07) is 7.14. The first-order valence-electron chi connectivity index (χ1n) is 7.12. The summed E-state index contributed by atoms with van der Waals surface area (Å²) in [5, 5.41) is 10.6. The van der Waals surface area contributed by atoms with E-state index in [9.17, 15) is 9.59 Å². The number of rotatable bonds is 7. The minimum atomic E-state index is -0.352. The predicted octanol–water partition coefficient (Wildman–Crippen LogP) is 1.08. The molecule has 0 aliphatic heterocycles. The van der Waals surface area contributed by atoms with Crippen molar-refractivity contribution in [1.29, 1.82) is 0 Å². The van der Waals surface area contributed by atoms with Crippen molar-refractivity contribution in [3.8, 4) is 17.1 Å². The van der Waals surface area contributed by atoms with Crippen LogP contribution in [0.2, 0.25) is 0 Å². The number of aromatic nitrogens is 3. The molecule has 0 aliphatic rings. The van der Waals surface area contributed by atoms with Gasteiger partial charge in [-0.1, -0.05) is 18.2 Å². The maximum Gasteiger partial charge on any atom is 0.273 e.